The molecule has 0 aromatic rings. The Morgan fingerprint density at radius 3 is 1.41 bits per heavy atom. The van der Waals surface area contributed by atoms with Crippen LogP contribution in [0.3, 0.4) is 0 Å². The highest BCUT2D eigenvalue weighted by molar-refractivity contribution is 5.24. The van der Waals surface area contributed by atoms with E-state index in [1.165, 1.54) is 0 Å². The first-order chi connectivity index (χ1) is 7.71. The summed E-state index contributed by atoms with van der Waals surface area (Å²) < 4.78 is 0. The highest BCUT2D eigenvalue weighted by Gasteiger charge is 2.45. The van der Waals surface area contributed by atoms with Crippen LogP contribution >= 0.6 is 0 Å². The van der Waals surface area contributed by atoms with Gasteiger partial charge in [0.2, 0.25) is 0 Å². The van der Waals surface area contributed by atoms with Gasteiger partial charge in [0.25, 0.3) is 0 Å². The first kappa shape index (κ1) is 12.8. The van der Waals surface area contributed by atoms with Crippen molar-refractivity contribution in [3.8, 4) is 0 Å². The molecule has 2 atom stereocenters. The van der Waals surface area contributed by atoms with Gasteiger partial charge in [-0.2, -0.15) is 0 Å². The molecule has 1 fully saturated rings. The van der Waals surface area contributed by atoms with Crippen LogP contribution in [-0.2, 0) is 0 Å². The van der Waals surface area contributed by atoms with Gasteiger partial charge >= 0.3 is 0 Å². The highest BCUT2D eigenvalue weighted by atomic mass is 15.5. The Morgan fingerprint density at radius 1 is 0.765 bits per heavy atom. The van der Waals surface area contributed by atoms with Crippen molar-refractivity contribution in [3.63, 3.8) is 0 Å². The van der Waals surface area contributed by atoms with Crippen molar-refractivity contribution in [2.75, 3.05) is 6.67 Å². The van der Waals surface area contributed by atoms with Gasteiger partial charge < -0.3 is 0 Å². The second-order valence-electron chi connectivity index (χ2n) is 7.17. The Hall–Kier alpha value is -0.600. The van der Waals surface area contributed by atoms with Crippen LogP contribution in [0.1, 0.15) is 41.5 Å². The molecule has 0 aromatic heterocycles. The minimum atomic E-state index is 0.221. The molecule has 2 aliphatic rings. The molecule has 2 unspecified atom stereocenters. The third-order valence-corrected chi connectivity index (χ3v) is 3.83. The van der Waals surface area contributed by atoms with Crippen LogP contribution in [0.15, 0.2) is 24.3 Å². The minimum absolute atomic E-state index is 0.221. The standard InChI is InChI=1S/C15H26N2/c1-14(2,3)16-11-17(15(4,5)6)13-10-8-7-9-12(13)16/h7-10,12-13H,11H2,1-6H3. The zero-order valence-corrected chi connectivity index (χ0v) is 12.1. The first-order valence-corrected chi connectivity index (χ1v) is 6.60. The van der Waals surface area contributed by atoms with Crippen LogP contribution in [0, 0.1) is 0 Å². The van der Waals surface area contributed by atoms with Crippen molar-refractivity contribution in [3.05, 3.63) is 24.3 Å². The summed E-state index contributed by atoms with van der Waals surface area (Å²) in [7, 11) is 0. The Balaban J connectivity index is 2.31. The van der Waals surface area contributed by atoms with E-state index in [1.807, 2.05) is 0 Å². The minimum Gasteiger partial charge on any atom is -0.277 e. The summed E-state index contributed by atoms with van der Waals surface area (Å²) in [5.41, 5.74) is 0.441. The first-order valence-electron chi connectivity index (χ1n) is 6.60. The van der Waals surface area contributed by atoms with E-state index in [0.29, 0.717) is 12.1 Å². The summed E-state index contributed by atoms with van der Waals surface area (Å²) in [6.07, 6.45) is 9.07. The van der Waals surface area contributed by atoms with E-state index in [1.54, 1.807) is 0 Å². The lowest BCUT2D eigenvalue weighted by atomic mass is 9.96. The van der Waals surface area contributed by atoms with Crippen LogP contribution < -0.4 is 0 Å². The summed E-state index contributed by atoms with van der Waals surface area (Å²) in [4.78, 5) is 5.20. The third kappa shape index (κ3) is 2.34. The molecule has 2 nitrogen and oxygen atoms in total. The molecule has 1 aliphatic heterocycles. The van der Waals surface area contributed by atoms with Crippen LogP contribution in [-0.4, -0.2) is 39.6 Å². The summed E-state index contributed by atoms with van der Waals surface area (Å²) in [6.45, 7) is 14.9. The van der Waals surface area contributed by atoms with Gasteiger partial charge in [-0.25, -0.2) is 0 Å². The fourth-order valence-corrected chi connectivity index (χ4v) is 2.83. The predicted octanol–water partition coefficient (Wildman–Crippen LogP) is 3.02. The molecule has 1 heterocycles. The Kier molecular flexibility index (Phi) is 2.99. The molecule has 1 saturated heterocycles. The fourth-order valence-electron chi connectivity index (χ4n) is 2.83. The number of allylic oxidation sites excluding steroid dienone is 2. The lowest BCUT2D eigenvalue weighted by Gasteiger charge is -2.36. The van der Waals surface area contributed by atoms with Crippen molar-refractivity contribution in [2.45, 2.75) is 64.7 Å². The van der Waals surface area contributed by atoms with Crippen molar-refractivity contribution in [1.82, 2.24) is 9.80 Å². The Morgan fingerprint density at radius 2 is 1.12 bits per heavy atom. The average molecular weight is 234 g/mol. The molecule has 17 heavy (non-hydrogen) atoms. The molecule has 2 heteroatoms. The summed E-state index contributed by atoms with van der Waals surface area (Å²) >= 11 is 0. The molecule has 0 bridgehead atoms. The Bertz CT molecular complexity index is 307. The number of hydrogen-bond donors (Lipinski definition) is 0. The maximum absolute atomic E-state index is 2.60. The lowest BCUT2D eigenvalue weighted by molar-refractivity contribution is 0.0836. The number of fused-ring (bicyclic) bond motifs is 1. The second-order valence-corrected chi connectivity index (χ2v) is 7.17. The van der Waals surface area contributed by atoms with Gasteiger partial charge in [-0.1, -0.05) is 24.3 Å². The molecular formula is C15H26N2. The SMILES string of the molecule is CC(C)(C)N1CN(C(C)(C)C)C2C=CC=CC21. The monoisotopic (exact) mass is 234 g/mol. The molecular weight excluding hydrogens is 208 g/mol. The van der Waals surface area contributed by atoms with Crippen LogP contribution in [0.4, 0.5) is 0 Å². The van der Waals surface area contributed by atoms with E-state index in [2.05, 4.69) is 75.6 Å². The number of nitrogens with zero attached hydrogens (tertiary/aromatic N) is 2. The topological polar surface area (TPSA) is 6.48 Å². The van der Waals surface area contributed by atoms with E-state index in [0.717, 1.165) is 6.67 Å². The van der Waals surface area contributed by atoms with Crippen molar-refractivity contribution < 1.29 is 0 Å². The molecule has 2 rings (SSSR count). The van der Waals surface area contributed by atoms with Gasteiger partial charge in [0.05, 0.1) is 6.67 Å². The number of rotatable bonds is 0. The summed E-state index contributed by atoms with van der Waals surface area (Å²) in [5, 5.41) is 0. The average Bonchev–Trinajstić information content (AvgIpc) is 2.55. The largest absolute Gasteiger partial charge is 0.277 e. The van der Waals surface area contributed by atoms with Gasteiger partial charge in [0, 0.05) is 23.2 Å². The molecule has 96 valence electrons. The molecule has 0 spiro atoms. The molecule has 1 aliphatic carbocycles. The molecule has 0 radical (unpaired) electrons. The highest BCUT2D eigenvalue weighted by Crippen LogP contribution is 2.35. The molecule has 0 aromatic carbocycles. The fraction of sp³-hybridized carbons (Fsp3) is 0.733. The van der Waals surface area contributed by atoms with Crippen LogP contribution in [0.25, 0.3) is 0 Å². The molecule has 0 amide bonds. The second kappa shape index (κ2) is 3.96. The third-order valence-electron chi connectivity index (χ3n) is 3.83. The van der Waals surface area contributed by atoms with Gasteiger partial charge in [-0.05, 0) is 41.5 Å². The lowest BCUT2D eigenvalue weighted by Crippen LogP contribution is -2.46. The summed E-state index contributed by atoms with van der Waals surface area (Å²) in [6, 6.07) is 1.05. The predicted molar refractivity (Wildman–Crippen MR) is 73.9 cm³/mol. The molecule has 0 N–H and O–H groups in total. The van der Waals surface area contributed by atoms with Crippen LogP contribution in [0.5, 0.6) is 0 Å². The zero-order valence-electron chi connectivity index (χ0n) is 12.1. The Labute approximate surface area is 106 Å². The van der Waals surface area contributed by atoms with E-state index >= 15 is 0 Å². The van der Waals surface area contributed by atoms with Gasteiger partial charge in [-0.3, -0.25) is 9.80 Å². The van der Waals surface area contributed by atoms with E-state index < -0.39 is 0 Å². The van der Waals surface area contributed by atoms with E-state index in [-0.39, 0.29) is 11.1 Å². The summed E-state index contributed by atoms with van der Waals surface area (Å²) in [5.74, 6) is 0. The van der Waals surface area contributed by atoms with Crippen LogP contribution in [0.2, 0.25) is 0 Å². The van der Waals surface area contributed by atoms with E-state index in [4.69, 9.17) is 0 Å². The molecule has 0 saturated carbocycles. The van der Waals surface area contributed by atoms with Gasteiger partial charge in [0.1, 0.15) is 0 Å². The maximum Gasteiger partial charge on any atom is 0.0528 e. The smallest absolute Gasteiger partial charge is 0.0528 e. The van der Waals surface area contributed by atoms with Gasteiger partial charge in [0.15, 0.2) is 0 Å². The number of hydrogen-bond acceptors (Lipinski definition) is 2. The maximum atomic E-state index is 2.60. The van der Waals surface area contributed by atoms with Crippen molar-refractivity contribution >= 4 is 0 Å². The van der Waals surface area contributed by atoms with E-state index in [9.17, 15) is 0 Å². The quantitative estimate of drug-likeness (QED) is 0.635. The van der Waals surface area contributed by atoms with Gasteiger partial charge in [-0.15, -0.1) is 0 Å². The normalized spacial score (nSPS) is 30.9. The van der Waals surface area contributed by atoms with Crippen molar-refractivity contribution in [1.29, 1.82) is 0 Å². The van der Waals surface area contributed by atoms with Crippen molar-refractivity contribution in [2.24, 2.45) is 0 Å². The zero-order chi connectivity index (χ0) is 12.8.